The smallest absolute Gasteiger partial charge is 0.250 e. The van der Waals surface area contributed by atoms with Crippen LogP contribution < -0.4 is 11.3 Å². The molecular formula is C12H16N2O. The van der Waals surface area contributed by atoms with E-state index in [4.69, 9.17) is 5.73 Å². The van der Waals surface area contributed by atoms with E-state index in [9.17, 15) is 4.79 Å². The summed E-state index contributed by atoms with van der Waals surface area (Å²) in [6.07, 6.45) is 0. The first kappa shape index (κ1) is 11.3. The van der Waals surface area contributed by atoms with Crippen LogP contribution in [0.25, 0.3) is 10.9 Å². The summed E-state index contributed by atoms with van der Waals surface area (Å²) >= 11 is 0. The number of anilines is 1. The third-order valence-electron chi connectivity index (χ3n) is 2.15. The summed E-state index contributed by atoms with van der Waals surface area (Å²) < 4.78 is 1.59. The zero-order valence-corrected chi connectivity index (χ0v) is 9.32. The minimum Gasteiger partial charge on any atom is -0.399 e. The van der Waals surface area contributed by atoms with Crippen LogP contribution >= 0.6 is 0 Å². The minimum atomic E-state index is -0.0156. The maximum atomic E-state index is 11.3. The van der Waals surface area contributed by atoms with Crippen molar-refractivity contribution in [3.63, 3.8) is 0 Å². The second-order valence-corrected chi connectivity index (χ2v) is 3.05. The third-order valence-corrected chi connectivity index (χ3v) is 2.15. The molecule has 2 N–H and O–H groups in total. The van der Waals surface area contributed by atoms with Gasteiger partial charge in [-0.2, -0.15) is 0 Å². The highest BCUT2D eigenvalue weighted by molar-refractivity contribution is 5.81. The Hall–Kier alpha value is -1.77. The molecule has 2 aromatic rings. The van der Waals surface area contributed by atoms with Gasteiger partial charge in [-0.25, -0.2) is 0 Å². The predicted molar refractivity (Wildman–Crippen MR) is 64.9 cm³/mol. The quantitative estimate of drug-likeness (QED) is 0.668. The van der Waals surface area contributed by atoms with Crippen LogP contribution in [0.3, 0.4) is 0 Å². The van der Waals surface area contributed by atoms with Crippen LogP contribution in [0.5, 0.6) is 0 Å². The zero-order valence-electron chi connectivity index (χ0n) is 9.32. The number of nitrogens with two attached hydrogens (primary N) is 1. The first-order valence-electron chi connectivity index (χ1n) is 5.04. The fourth-order valence-electron chi connectivity index (χ4n) is 1.38. The standard InChI is InChI=1S/C10H10N2O.C2H6/c1-12-9-6-8(11)4-2-7(9)3-5-10(12)13;1-2/h2-6H,11H2,1H3;1-2H3. The van der Waals surface area contributed by atoms with Gasteiger partial charge in [-0.1, -0.05) is 19.9 Å². The largest absolute Gasteiger partial charge is 0.399 e. The fourth-order valence-corrected chi connectivity index (χ4v) is 1.38. The lowest BCUT2D eigenvalue weighted by Gasteiger charge is -2.04. The average Bonchev–Trinajstić information content (AvgIpc) is 2.27. The van der Waals surface area contributed by atoms with Gasteiger partial charge in [-0.15, -0.1) is 0 Å². The molecule has 1 heterocycles. The molecule has 0 aliphatic rings. The second kappa shape index (κ2) is 4.64. The Balaban J connectivity index is 0.000000531. The van der Waals surface area contributed by atoms with E-state index in [-0.39, 0.29) is 5.56 Å². The van der Waals surface area contributed by atoms with Crippen LogP contribution in [0.2, 0.25) is 0 Å². The molecule has 0 bridgehead atoms. The SMILES string of the molecule is CC.Cn1c(=O)ccc2ccc(N)cc21. The molecule has 0 unspecified atom stereocenters. The molecule has 0 spiro atoms. The molecule has 0 aliphatic heterocycles. The summed E-state index contributed by atoms with van der Waals surface area (Å²) in [5, 5.41) is 1.02. The predicted octanol–water partition coefficient (Wildman–Crippen LogP) is 2.15. The van der Waals surface area contributed by atoms with E-state index in [1.807, 2.05) is 26.0 Å². The van der Waals surface area contributed by atoms with Crippen LogP contribution in [0, 0.1) is 0 Å². The van der Waals surface area contributed by atoms with Crippen LogP contribution in [0.15, 0.2) is 35.1 Å². The Morgan fingerprint density at radius 3 is 2.40 bits per heavy atom. The molecule has 1 aromatic carbocycles. The van der Waals surface area contributed by atoms with E-state index in [2.05, 4.69) is 0 Å². The van der Waals surface area contributed by atoms with Gasteiger partial charge in [-0.3, -0.25) is 4.79 Å². The summed E-state index contributed by atoms with van der Waals surface area (Å²) in [6, 6.07) is 8.89. The highest BCUT2D eigenvalue weighted by Crippen LogP contribution is 2.14. The number of hydrogen-bond donors (Lipinski definition) is 1. The number of pyridine rings is 1. The molecule has 3 heteroatoms. The molecular weight excluding hydrogens is 188 g/mol. The number of nitrogen functional groups attached to an aromatic ring is 1. The third kappa shape index (κ3) is 2.18. The highest BCUT2D eigenvalue weighted by Gasteiger charge is 1.98. The van der Waals surface area contributed by atoms with Crippen molar-refractivity contribution in [1.29, 1.82) is 0 Å². The summed E-state index contributed by atoms with van der Waals surface area (Å²) in [7, 11) is 1.74. The molecule has 80 valence electrons. The maximum Gasteiger partial charge on any atom is 0.250 e. The molecule has 0 atom stereocenters. The zero-order chi connectivity index (χ0) is 11.4. The first-order chi connectivity index (χ1) is 7.18. The van der Waals surface area contributed by atoms with Crippen molar-refractivity contribution in [2.45, 2.75) is 13.8 Å². The fraction of sp³-hybridized carbons (Fsp3) is 0.250. The van der Waals surface area contributed by atoms with Gasteiger partial charge in [0.05, 0.1) is 5.52 Å². The van der Waals surface area contributed by atoms with Gasteiger partial charge >= 0.3 is 0 Å². The molecule has 0 fully saturated rings. The molecule has 15 heavy (non-hydrogen) atoms. The molecule has 1 aromatic heterocycles. The van der Waals surface area contributed by atoms with Crippen molar-refractivity contribution in [3.05, 3.63) is 40.7 Å². The molecule has 0 aliphatic carbocycles. The van der Waals surface area contributed by atoms with Crippen molar-refractivity contribution >= 4 is 16.6 Å². The van der Waals surface area contributed by atoms with Gasteiger partial charge in [0.1, 0.15) is 0 Å². The number of fused-ring (bicyclic) bond motifs is 1. The number of rotatable bonds is 0. The molecule has 0 saturated heterocycles. The monoisotopic (exact) mass is 204 g/mol. The summed E-state index contributed by atoms with van der Waals surface area (Å²) in [5.74, 6) is 0. The molecule has 0 saturated carbocycles. The summed E-state index contributed by atoms with van der Waals surface area (Å²) in [5.41, 5.74) is 7.15. The Kier molecular flexibility index (Phi) is 3.50. The van der Waals surface area contributed by atoms with Crippen LogP contribution in [0.1, 0.15) is 13.8 Å². The lowest BCUT2D eigenvalue weighted by atomic mass is 10.2. The molecule has 0 radical (unpaired) electrons. The number of benzene rings is 1. The van der Waals surface area contributed by atoms with Crippen molar-refractivity contribution in [2.24, 2.45) is 7.05 Å². The van der Waals surface area contributed by atoms with Crippen LogP contribution in [0.4, 0.5) is 5.69 Å². The van der Waals surface area contributed by atoms with Gasteiger partial charge in [0, 0.05) is 18.8 Å². The van der Waals surface area contributed by atoms with E-state index >= 15 is 0 Å². The van der Waals surface area contributed by atoms with E-state index in [0.717, 1.165) is 10.9 Å². The minimum absolute atomic E-state index is 0.0156. The lowest BCUT2D eigenvalue weighted by molar-refractivity contribution is 0.906. The number of nitrogens with zero attached hydrogens (tertiary/aromatic N) is 1. The average molecular weight is 204 g/mol. The van der Waals surface area contributed by atoms with Crippen molar-refractivity contribution in [1.82, 2.24) is 4.57 Å². The normalized spacial score (nSPS) is 9.53. The Morgan fingerprint density at radius 2 is 1.73 bits per heavy atom. The summed E-state index contributed by atoms with van der Waals surface area (Å²) in [4.78, 5) is 11.3. The molecule has 2 rings (SSSR count). The number of aromatic nitrogens is 1. The number of hydrogen-bond acceptors (Lipinski definition) is 2. The van der Waals surface area contributed by atoms with E-state index < -0.39 is 0 Å². The lowest BCUT2D eigenvalue weighted by Crippen LogP contribution is -2.14. The van der Waals surface area contributed by atoms with Crippen molar-refractivity contribution in [2.75, 3.05) is 5.73 Å². The first-order valence-corrected chi connectivity index (χ1v) is 5.04. The Labute approximate surface area is 89.1 Å². The Morgan fingerprint density at radius 1 is 1.13 bits per heavy atom. The van der Waals surface area contributed by atoms with Gasteiger partial charge in [0.15, 0.2) is 0 Å². The van der Waals surface area contributed by atoms with Gasteiger partial charge in [-0.05, 0) is 23.6 Å². The topological polar surface area (TPSA) is 48.0 Å². The van der Waals surface area contributed by atoms with Crippen molar-refractivity contribution in [3.8, 4) is 0 Å². The second-order valence-electron chi connectivity index (χ2n) is 3.05. The molecule has 3 nitrogen and oxygen atoms in total. The highest BCUT2D eigenvalue weighted by atomic mass is 16.1. The van der Waals surface area contributed by atoms with E-state index in [0.29, 0.717) is 5.69 Å². The van der Waals surface area contributed by atoms with Crippen LogP contribution in [-0.4, -0.2) is 4.57 Å². The van der Waals surface area contributed by atoms with E-state index in [1.165, 1.54) is 0 Å². The molecule has 0 amide bonds. The van der Waals surface area contributed by atoms with Gasteiger partial charge < -0.3 is 10.3 Å². The van der Waals surface area contributed by atoms with Gasteiger partial charge in [0.2, 0.25) is 0 Å². The summed E-state index contributed by atoms with van der Waals surface area (Å²) in [6.45, 7) is 4.00. The van der Waals surface area contributed by atoms with Crippen LogP contribution in [-0.2, 0) is 7.05 Å². The number of aryl methyl sites for hydroxylation is 1. The van der Waals surface area contributed by atoms with E-state index in [1.54, 1.807) is 29.8 Å². The Bertz CT molecular complexity index is 515. The maximum absolute atomic E-state index is 11.3. The van der Waals surface area contributed by atoms with Crippen molar-refractivity contribution < 1.29 is 0 Å². The van der Waals surface area contributed by atoms with Gasteiger partial charge in [0.25, 0.3) is 5.56 Å².